The summed E-state index contributed by atoms with van der Waals surface area (Å²) >= 11 is 0. The van der Waals surface area contributed by atoms with Gasteiger partial charge < -0.3 is 9.79 Å². The van der Waals surface area contributed by atoms with Crippen LogP contribution in [-0.4, -0.2) is 9.79 Å². The van der Waals surface area contributed by atoms with Gasteiger partial charge in [-0.2, -0.15) is 0 Å². The van der Waals surface area contributed by atoms with E-state index >= 15 is 0 Å². The smallest absolute Gasteiger partial charge is 0.321 e. The fourth-order valence-electron chi connectivity index (χ4n) is 2.36. The van der Waals surface area contributed by atoms with Crippen molar-refractivity contribution >= 4 is 12.9 Å². The lowest BCUT2D eigenvalue weighted by atomic mass is 9.95. The second-order valence-corrected chi connectivity index (χ2v) is 6.32. The summed E-state index contributed by atoms with van der Waals surface area (Å²) in [4.78, 5) is 19.3. The fourth-order valence-corrected chi connectivity index (χ4v) is 3.49. The van der Waals surface area contributed by atoms with Gasteiger partial charge in [0.1, 0.15) is 0 Å². The third kappa shape index (κ3) is 2.64. The van der Waals surface area contributed by atoms with Crippen molar-refractivity contribution in [3.05, 3.63) is 53.1 Å². The van der Waals surface area contributed by atoms with E-state index in [1.807, 2.05) is 44.2 Å². The second kappa shape index (κ2) is 4.93. The third-order valence-electron chi connectivity index (χ3n) is 3.29. The van der Waals surface area contributed by atoms with Gasteiger partial charge in [-0.1, -0.05) is 36.4 Å². The molecule has 0 aliphatic carbocycles. The second-order valence-electron chi connectivity index (χ2n) is 4.78. The Balaban J connectivity index is 2.88. The van der Waals surface area contributed by atoms with Gasteiger partial charge in [-0.15, -0.1) is 0 Å². The van der Waals surface area contributed by atoms with Crippen molar-refractivity contribution in [2.75, 3.05) is 0 Å². The average molecular weight is 276 g/mol. The standard InChI is InChI=1S/C15H17O3P/c1-10-6-4-5-7-13(10)14-11(2)8-9-12(3)15(14)19(16,17)18/h4-9H,1-3H3,(H2,16,17,18). The molecule has 3 nitrogen and oxygen atoms in total. The van der Waals surface area contributed by atoms with Crippen LogP contribution in [0.25, 0.3) is 11.1 Å². The molecule has 2 N–H and O–H groups in total. The number of benzene rings is 2. The predicted octanol–water partition coefficient (Wildman–Crippen LogP) is 3.08. The Morgan fingerprint density at radius 1 is 0.842 bits per heavy atom. The van der Waals surface area contributed by atoms with Crippen LogP contribution in [0.2, 0.25) is 0 Å². The molecule has 0 radical (unpaired) electrons. The van der Waals surface area contributed by atoms with E-state index in [1.165, 1.54) is 0 Å². The Hall–Kier alpha value is -1.41. The topological polar surface area (TPSA) is 57.5 Å². The molecule has 0 spiro atoms. The first kappa shape index (κ1) is 14.0. The lowest BCUT2D eigenvalue weighted by Gasteiger charge is -2.18. The van der Waals surface area contributed by atoms with Crippen LogP contribution in [-0.2, 0) is 4.57 Å². The van der Waals surface area contributed by atoms with Crippen LogP contribution in [0.3, 0.4) is 0 Å². The van der Waals surface area contributed by atoms with E-state index in [9.17, 15) is 14.4 Å². The highest BCUT2D eigenvalue weighted by Gasteiger charge is 2.26. The summed E-state index contributed by atoms with van der Waals surface area (Å²) in [7, 11) is -4.31. The molecule has 0 heterocycles. The molecule has 0 unspecified atom stereocenters. The minimum absolute atomic E-state index is 0.141. The summed E-state index contributed by atoms with van der Waals surface area (Å²) in [6.07, 6.45) is 0. The summed E-state index contributed by atoms with van der Waals surface area (Å²) in [5.41, 5.74) is 4.04. The van der Waals surface area contributed by atoms with E-state index in [1.54, 1.807) is 13.0 Å². The molecule has 100 valence electrons. The molecule has 0 atom stereocenters. The maximum Gasteiger partial charge on any atom is 0.357 e. The zero-order chi connectivity index (χ0) is 14.2. The van der Waals surface area contributed by atoms with Crippen molar-refractivity contribution in [2.45, 2.75) is 20.8 Å². The molecular formula is C15H17O3P. The molecule has 0 aliphatic rings. The lowest BCUT2D eigenvalue weighted by Crippen LogP contribution is -2.14. The van der Waals surface area contributed by atoms with Gasteiger partial charge >= 0.3 is 7.60 Å². The van der Waals surface area contributed by atoms with Crippen LogP contribution in [0.15, 0.2) is 36.4 Å². The summed E-state index contributed by atoms with van der Waals surface area (Å²) in [6, 6.07) is 11.3. The number of rotatable bonds is 2. The van der Waals surface area contributed by atoms with Crippen molar-refractivity contribution in [2.24, 2.45) is 0 Å². The van der Waals surface area contributed by atoms with E-state index in [-0.39, 0.29) is 5.30 Å². The molecule has 4 heteroatoms. The summed E-state index contributed by atoms with van der Waals surface area (Å²) in [5, 5.41) is 0.141. The quantitative estimate of drug-likeness (QED) is 0.829. The maximum atomic E-state index is 11.8. The van der Waals surface area contributed by atoms with Gasteiger partial charge in [0.25, 0.3) is 0 Å². The zero-order valence-electron chi connectivity index (χ0n) is 11.2. The minimum Gasteiger partial charge on any atom is -0.321 e. The van der Waals surface area contributed by atoms with Gasteiger partial charge in [-0.05, 0) is 43.0 Å². The summed E-state index contributed by atoms with van der Waals surface area (Å²) < 4.78 is 11.8. The Kier molecular flexibility index (Phi) is 3.64. The molecule has 2 aromatic rings. The lowest BCUT2D eigenvalue weighted by molar-refractivity contribution is 0.387. The summed E-state index contributed by atoms with van der Waals surface area (Å²) in [5.74, 6) is 0. The van der Waals surface area contributed by atoms with Gasteiger partial charge in [0.2, 0.25) is 0 Å². The highest BCUT2D eigenvalue weighted by molar-refractivity contribution is 7.60. The molecule has 0 aliphatic heterocycles. The van der Waals surface area contributed by atoms with Gasteiger partial charge in [0.05, 0.1) is 5.30 Å². The third-order valence-corrected chi connectivity index (χ3v) is 4.45. The largest absolute Gasteiger partial charge is 0.357 e. The first-order chi connectivity index (χ1) is 8.82. The highest BCUT2D eigenvalue weighted by Crippen LogP contribution is 2.41. The predicted molar refractivity (Wildman–Crippen MR) is 77.8 cm³/mol. The Morgan fingerprint density at radius 3 is 2.00 bits per heavy atom. The summed E-state index contributed by atoms with van der Waals surface area (Å²) in [6.45, 7) is 5.55. The van der Waals surface area contributed by atoms with E-state index < -0.39 is 7.60 Å². The first-order valence-electron chi connectivity index (χ1n) is 6.04. The van der Waals surface area contributed by atoms with Crippen LogP contribution < -0.4 is 5.30 Å². The molecule has 19 heavy (non-hydrogen) atoms. The SMILES string of the molecule is Cc1ccccc1-c1c(C)ccc(C)c1P(=O)(O)O. The first-order valence-corrected chi connectivity index (χ1v) is 7.66. The van der Waals surface area contributed by atoms with Crippen molar-refractivity contribution < 1.29 is 14.4 Å². The maximum absolute atomic E-state index is 11.8. The highest BCUT2D eigenvalue weighted by atomic mass is 31.2. The van der Waals surface area contributed by atoms with Crippen LogP contribution in [0.1, 0.15) is 16.7 Å². The zero-order valence-corrected chi connectivity index (χ0v) is 12.1. The molecule has 0 aromatic heterocycles. The number of aryl methyl sites for hydroxylation is 3. The van der Waals surface area contributed by atoms with E-state index in [0.717, 1.165) is 16.7 Å². The van der Waals surface area contributed by atoms with Crippen molar-refractivity contribution in [3.8, 4) is 11.1 Å². The van der Waals surface area contributed by atoms with Gasteiger partial charge in [-0.3, -0.25) is 4.57 Å². The van der Waals surface area contributed by atoms with Gasteiger partial charge in [0.15, 0.2) is 0 Å². The van der Waals surface area contributed by atoms with E-state index in [0.29, 0.717) is 11.1 Å². The molecule has 0 saturated carbocycles. The average Bonchev–Trinajstić information content (AvgIpc) is 2.31. The molecule has 0 fully saturated rings. The van der Waals surface area contributed by atoms with Crippen molar-refractivity contribution in [1.29, 1.82) is 0 Å². The molecule has 0 amide bonds. The van der Waals surface area contributed by atoms with Crippen LogP contribution in [0.4, 0.5) is 0 Å². The van der Waals surface area contributed by atoms with E-state index in [2.05, 4.69) is 0 Å². The Morgan fingerprint density at radius 2 is 1.42 bits per heavy atom. The number of hydrogen-bond acceptors (Lipinski definition) is 1. The van der Waals surface area contributed by atoms with E-state index in [4.69, 9.17) is 0 Å². The van der Waals surface area contributed by atoms with Gasteiger partial charge in [-0.25, -0.2) is 0 Å². The monoisotopic (exact) mass is 276 g/mol. The van der Waals surface area contributed by atoms with Crippen LogP contribution in [0, 0.1) is 20.8 Å². The number of hydrogen-bond donors (Lipinski definition) is 2. The molecular weight excluding hydrogens is 259 g/mol. The fraction of sp³-hybridized carbons (Fsp3) is 0.200. The van der Waals surface area contributed by atoms with Gasteiger partial charge in [0, 0.05) is 5.56 Å². The van der Waals surface area contributed by atoms with Crippen molar-refractivity contribution in [1.82, 2.24) is 0 Å². The molecule has 0 bridgehead atoms. The molecule has 2 rings (SSSR count). The minimum atomic E-state index is -4.31. The van der Waals surface area contributed by atoms with Crippen LogP contribution in [0.5, 0.6) is 0 Å². The normalized spacial score (nSPS) is 11.6. The Labute approximate surface area is 113 Å². The van der Waals surface area contributed by atoms with Crippen molar-refractivity contribution in [3.63, 3.8) is 0 Å². The Bertz CT molecular complexity index is 671. The molecule has 2 aromatic carbocycles. The van der Waals surface area contributed by atoms with Crippen LogP contribution >= 0.6 is 7.60 Å². The molecule has 0 saturated heterocycles.